The molecule has 0 radical (unpaired) electrons. The Morgan fingerprint density at radius 3 is 2.46 bits per heavy atom. The second-order valence-corrected chi connectivity index (χ2v) is 6.35. The van der Waals surface area contributed by atoms with E-state index in [-0.39, 0.29) is 0 Å². The minimum absolute atomic E-state index is 0.702. The molecule has 4 rings (SSSR count). The Labute approximate surface area is 141 Å². The number of hydrogen-bond donors (Lipinski definition) is 1. The molecule has 0 amide bonds. The molecular formula is C18H22N6. The first-order valence-electron chi connectivity index (χ1n) is 8.45. The molecule has 0 spiro atoms. The van der Waals surface area contributed by atoms with Crippen LogP contribution in [-0.4, -0.2) is 32.8 Å². The van der Waals surface area contributed by atoms with Crippen molar-refractivity contribution in [1.82, 2.24) is 19.7 Å². The summed E-state index contributed by atoms with van der Waals surface area (Å²) in [5, 5.41) is 7.89. The number of benzene rings is 1. The number of nitrogens with zero attached hydrogens (tertiary/aromatic N) is 5. The topological polar surface area (TPSA) is 58.9 Å². The number of aryl methyl sites for hydroxylation is 2. The molecule has 3 heterocycles. The van der Waals surface area contributed by atoms with E-state index in [0.29, 0.717) is 6.54 Å². The van der Waals surface area contributed by atoms with E-state index in [2.05, 4.69) is 15.3 Å². The monoisotopic (exact) mass is 322 g/mol. The Kier molecular flexibility index (Phi) is 3.80. The summed E-state index contributed by atoms with van der Waals surface area (Å²) < 4.78 is 1.85. The van der Waals surface area contributed by atoms with Crippen LogP contribution in [0.1, 0.15) is 24.1 Å². The summed E-state index contributed by atoms with van der Waals surface area (Å²) >= 11 is 0. The van der Waals surface area contributed by atoms with Gasteiger partial charge in [-0.05, 0) is 31.9 Å². The fourth-order valence-corrected chi connectivity index (χ4v) is 3.26. The molecule has 0 bridgehead atoms. The quantitative estimate of drug-likeness (QED) is 0.800. The zero-order valence-electron chi connectivity index (χ0n) is 14.2. The van der Waals surface area contributed by atoms with Crippen molar-refractivity contribution < 1.29 is 0 Å². The van der Waals surface area contributed by atoms with Crippen molar-refractivity contribution in [2.45, 2.75) is 26.3 Å². The molecule has 1 aliphatic heterocycles. The van der Waals surface area contributed by atoms with Gasteiger partial charge in [0.1, 0.15) is 0 Å². The number of para-hydroxylation sites is 2. The molecule has 0 unspecified atom stereocenters. The molecular weight excluding hydrogens is 300 g/mol. The fourth-order valence-electron chi connectivity index (χ4n) is 3.26. The Morgan fingerprint density at radius 1 is 1.08 bits per heavy atom. The predicted molar refractivity (Wildman–Crippen MR) is 96.3 cm³/mol. The lowest BCUT2D eigenvalue weighted by molar-refractivity contribution is 0.756. The van der Waals surface area contributed by atoms with Crippen LogP contribution in [0, 0.1) is 6.92 Å². The van der Waals surface area contributed by atoms with E-state index in [1.54, 1.807) is 0 Å². The van der Waals surface area contributed by atoms with Crippen LogP contribution in [-0.2, 0) is 13.6 Å². The van der Waals surface area contributed by atoms with Gasteiger partial charge in [-0.2, -0.15) is 5.10 Å². The molecule has 0 saturated carbocycles. The number of rotatable bonds is 4. The zero-order valence-corrected chi connectivity index (χ0v) is 14.2. The maximum Gasteiger partial charge on any atom is 0.172 e. The Morgan fingerprint density at radius 2 is 1.79 bits per heavy atom. The van der Waals surface area contributed by atoms with Crippen molar-refractivity contribution in [3.05, 3.63) is 41.7 Å². The Bertz CT molecular complexity index is 863. The van der Waals surface area contributed by atoms with E-state index in [9.17, 15) is 0 Å². The van der Waals surface area contributed by atoms with Crippen LogP contribution in [0.2, 0.25) is 0 Å². The first-order valence-corrected chi connectivity index (χ1v) is 8.45. The predicted octanol–water partition coefficient (Wildman–Crippen LogP) is 2.88. The standard InChI is InChI=1S/C18H22N6/c1-13-14(12-23(2)22-13)11-19-17-18(24-9-5-6-10-24)21-16-8-4-3-7-15(16)20-17/h3-4,7-8,12H,5-6,9-11H2,1-2H3,(H,19,20). The van der Waals surface area contributed by atoms with Crippen LogP contribution >= 0.6 is 0 Å². The van der Waals surface area contributed by atoms with Gasteiger partial charge in [0.05, 0.1) is 16.7 Å². The first kappa shape index (κ1) is 14.9. The van der Waals surface area contributed by atoms with Gasteiger partial charge in [-0.1, -0.05) is 12.1 Å². The molecule has 3 aromatic rings. The van der Waals surface area contributed by atoms with E-state index in [0.717, 1.165) is 41.5 Å². The maximum absolute atomic E-state index is 4.88. The summed E-state index contributed by atoms with van der Waals surface area (Å²) in [5.74, 6) is 1.83. The van der Waals surface area contributed by atoms with E-state index in [4.69, 9.17) is 9.97 Å². The van der Waals surface area contributed by atoms with Crippen molar-refractivity contribution in [3.8, 4) is 0 Å². The molecule has 0 aliphatic carbocycles. The molecule has 1 aliphatic rings. The molecule has 2 aromatic heterocycles. The number of nitrogens with one attached hydrogen (secondary N) is 1. The molecule has 6 nitrogen and oxygen atoms in total. The van der Waals surface area contributed by atoms with Gasteiger partial charge in [-0.25, -0.2) is 9.97 Å². The fraction of sp³-hybridized carbons (Fsp3) is 0.389. The number of anilines is 2. The maximum atomic E-state index is 4.88. The molecule has 0 atom stereocenters. The highest BCUT2D eigenvalue weighted by molar-refractivity contribution is 5.80. The van der Waals surface area contributed by atoms with Crippen LogP contribution in [0.4, 0.5) is 11.6 Å². The highest BCUT2D eigenvalue weighted by Crippen LogP contribution is 2.28. The average molecular weight is 322 g/mol. The molecule has 1 saturated heterocycles. The first-order chi connectivity index (χ1) is 11.7. The van der Waals surface area contributed by atoms with Crippen molar-refractivity contribution in [3.63, 3.8) is 0 Å². The number of aromatic nitrogens is 4. The largest absolute Gasteiger partial charge is 0.363 e. The summed E-state index contributed by atoms with van der Waals surface area (Å²) in [4.78, 5) is 12.0. The summed E-state index contributed by atoms with van der Waals surface area (Å²) in [6, 6.07) is 8.05. The van der Waals surface area contributed by atoms with Crippen LogP contribution < -0.4 is 10.2 Å². The Hall–Kier alpha value is -2.63. The molecule has 1 fully saturated rings. The van der Waals surface area contributed by atoms with Crippen molar-refractivity contribution in [1.29, 1.82) is 0 Å². The average Bonchev–Trinajstić information content (AvgIpc) is 3.21. The minimum atomic E-state index is 0.702. The van der Waals surface area contributed by atoms with Gasteiger partial charge in [-0.3, -0.25) is 4.68 Å². The third-order valence-electron chi connectivity index (χ3n) is 4.52. The van der Waals surface area contributed by atoms with Crippen LogP contribution in [0.3, 0.4) is 0 Å². The lowest BCUT2D eigenvalue weighted by Gasteiger charge is -2.20. The second kappa shape index (κ2) is 6.11. The summed E-state index contributed by atoms with van der Waals surface area (Å²) in [6.45, 7) is 4.83. The van der Waals surface area contributed by atoms with Crippen molar-refractivity contribution >= 4 is 22.7 Å². The van der Waals surface area contributed by atoms with Gasteiger partial charge in [0, 0.05) is 38.4 Å². The summed E-state index contributed by atoms with van der Waals surface area (Å²) in [6.07, 6.45) is 4.48. The van der Waals surface area contributed by atoms with Crippen LogP contribution in [0.5, 0.6) is 0 Å². The van der Waals surface area contributed by atoms with Crippen molar-refractivity contribution in [2.24, 2.45) is 7.05 Å². The molecule has 1 N–H and O–H groups in total. The SMILES string of the molecule is Cc1nn(C)cc1CNc1nc2ccccc2nc1N1CCCC1. The van der Waals surface area contributed by atoms with Gasteiger partial charge in [0.15, 0.2) is 11.6 Å². The third kappa shape index (κ3) is 2.79. The number of hydrogen-bond acceptors (Lipinski definition) is 5. The zero-order chi connectivity index (χ0) is 16.5. The van der Waals surface area contributed by atoms with Gasteiger partial charge in [0.25, 0.3) is 0 Å². The molecule has 124 valence electrons. The van der Waals surface area contributed by atoms with Crippen LogP contribution in [0.25, 0.3) is 11.0 Å². The van der Waals surface area contributed by atoms with Gasteiger partial charge >= 0.3 is 0 Å². The highest BCUT2D eigenvalue weighted by atomic mass is 15.3. The highest BCUT2D eigenvalue weighted by Gasteiger charge is 2.19. The summed E-state index contributed by atoms with van der Waals surface area (Å²) in [5.41, 5.74) is 4.09. The van der Waals surface area contributed by atoms with Gasteiger partial charge in [-0.15, -0.1) is 0 Å². The smallest absolute Gasteiger partial charge is 0.172 e. The molecule has 24 heavy (non-hydrogen) atoms. The minimum Gasteiger partial charge on any atom is -0.363 e. The van der Waals surface area contributed by atoms with E-state index in [1.165, 1.54) is 18.4 Å². The van der Waals surface area contributed by atoms with Crippen LogP contribution in [0.15, 0.2) is 30.5 Å². The molecule has 6 heteroatoms. The van der Waals surface area contributed by atoms with Gasteiger partial charge < -0.3 is 10.2 Å². The lowest BCUT2D eigenvalue weighted by Crippen LogP contribution is -2.21. The van der Waals surface area contributed by atoms with E-state index in [1.807, 2.05) is 49.1 Å². The van der Waals surface area contributed by atoms with E-state index >= 15 is 0 Å². The normalized spacial score (nSPS) is 14.5. The Balaban J connectivity index is 1.69. The summed E-state index contributed by atoms with van der Waals surface area (Å²) in [7, 11) is 1.95. The molecule has 1 aromatic carbocycles. The van der Waals surface area contributed by atoms with Crippen molar-refractivity contribution in [2.75, 3.05) is 23.3 Å². The lowest BCUT2D eigenvalue weighted by atomic mass is 10.2. The second-order valence-electron chi connectivity index (χ2n) is 6.35. The number of fused-ring (bicyclic) bond motifs is 1. The van der Waals surface area contributed by atoms with E-state index < -0.39 is 0 Å². The van der Waals surface area contributed by atoms with Gasteiger partial charge in [0.2, 0.25) is 0 Å². The third-order valence-corrected chi connectivity index (χ3v) is 4.52.